The van der Waals surface area contributed by atoms with Gasteiger partial charge in [0.05, 0.1) is 6.61 Å². The van der Waals surface area contributed by atoms with Crippen molar-refractivity contribution in [2.75, 3.05) is 32.9 Å². The van der Waals surface area contributed by atoms with E-state index in [0.29, 0.717) is 26.3 Å². The van der Waals surface area contributed by atoms with Gasteiger partial charge in [-0.05, 0) is 19.4 Å². The summed E-state index contributed by atoms with van der Waals surface area (Å²) in [6.07, 6.45) is -3.55. The van der Waals surface area contributed by atoms with Crippen LogP contribution in [0.3, 0.4) is 0 Å². The number of halogens is 3. The summed E-state index contributed by atoms with van der Waals surface area (Å²) in [5, 5.41) is 0. The molecule has 0 aliphatic carbocycles. The fourth-order valence-electron chi connectivity index (χ4n) is 2.33. The standard InChI is InChI=1S/C15H19F3N2O3/c1-2-20(8-11-6-7-22-9-11)14(21)12-4-3-5-13(19-12)23-10-15(16,17)18/h3-5,11H,2,6-10H2,1H3/t11-/m0/s1. The van der Waals surface area contributed by atoms with E-state index in [-0.39, 0.29) is 23.4 Å². The molecule has 1 aromatic heterocycles. The summed E-state index contributed by atoms with van der Waals surface area (Å²) >= 11 is 0. The van der Waals surface area contributed by atoms with E-state index in [2.05, 4.69) is 9.72 Å². The number of rotatable bonds is 6. The summed E-state index contributed by atoms with van der Waals surface area (Å²) in [6.45, 7) is 2.75. The van der Waals surface area contributed by atoms with Crippen LogP contribution in [0.1, 0.15) is 23.8 Å². The summed E-state index contributed by atoms with van der Waals surface area (Å²) in [7, 11) is 0. The van der Waals surface area contributed by atoms with Crippen LogP contribution in [0.25, 0.3) is 0 Å². The average Bonchev–Trinajstić information content (AvgIpc) is 3.02. The van der Waals surface area contributed by atoms with Gasteiger partial charge in [-0.15, -0.1) is 0 Å². The maximum Gasteiger partial charge on any atom is 0.422 e. The van der Waals surface area contributed by atoms with Gasteiger partial charge >= 0.3 is 6.18 Å². The molecule has 0 N–H and O–H groups in total. The van der Waals surface area contributed by atoms with Crippen molar-refractivity contribution in [3.05, 3.63) is 23.9 Å². The molecule has 0 spiro atoms. The third-order valence-electron chi connectivity index (χ3n) is 3.50. The van der Waals surface area contributed by atoms with E-state index in [4.69, 9.17) is 4.74 Å². The summed E-state index contributed by atoms with van der Waals surface area (Å²) in [5.41, 5.74) is 0.0745. The summed E-state index contributed by atoms with van der Waals surface area (Å²) in [4.78, 5) is 18.0. The number of aromatic nitrogens is 1. The molecule has 1 atom stereocenters. The van der Waals surface area contributed by atoms with E-state index >= 15 is 0 Å². The molecule has 1 amide bonds. The van der Waals surface area contributed by atoms with Crippen LogP contribution in [-0.2, 0) is 4.74 Å². The van der Waals surface area contributed by atoms with Crippen LogP contribution in [0.5, 0.6) is 5.88 Å². The van der Waals surface area contributed by atoms with E-state index in [0.717, 1.165) is 6.42 Å². The molecule has 0 aromatic carbocycles. The minimum Gasteiger partial charge on any atom is -0.468 e. The Hall–Kier alpha value is -1.83. The predicted molar refractivity (Wildman–Crippen MR) is 76.3 cm³/mol. The van der Waals surface area contributed by atoms with Crippen LogP contribution in [0.2, 0.25) is 0 Å². The number of nitrogens with zero attached hydrogens (tertiary/aromatic N) is 2. The minimum absolute atomic E-state index is 0.0745. The molecule has 2 rings (SSSR count). The summed E-state index contributed by atoms with van der Waals surface area (Å²) in [5.74, 6) is -0.256. The fraction of sp³-hybridized carbons (Fsp3) is 0.600. The number of alkyl halides is 3. The number of ether oxygens (including phenoxy) is 2. The topological polar surface area (TPSA) is 51.7 Å². The third-order valence-corrected chi connectivity index (χ3v) is 3.50. The molecule has 0 bridgehead atoms. The van der Waals surface area contributed by atoms with E-state index in [1.807, 2.05) is 6.92 Å². The highest BCUT2D eigenvalue weighted by atomic mass is 19.4. The molecule has 2 heterocycles. The lowest BCUT2D eigenvalue weighted by Gasteiger charge is -2.23. The molecule has 23 heavy (non-hydrogen) atoms. The first kappa shape index (κ1) is 17.5. The van der Waals surface area contributed by atoms with Gasteiger partial charge in [-0.3, -0.25) is 4.79 Å². The second-order valence-electron chi connectivity index (χ2n) is 5.34. The van der Waals surface area contributed by atoms with Crippen LogP contribution < -0.4 is 4.74 Å². The Kier molecular flexibility index (Phi) is 5.81. The second-order valence-corrected chi connectivity index (χ2v) is 5.34. The highest BCUT2D eigenvalue weighted by Gasteiger charge is 2.29. The van der Waals surface area contributed by atoms with Crippen molar-refractivity contribution in [2.24, 2.45) is 5.92 Å². The molecule has 1 aromatic rings. The monoisotopic (exact) mass is 332 g/mol. The second kappa shape index (κ2) is 7.63. The lowest BCUT2D eigenvalue weighted by molar-refractivity contribution is -0.154. The van der Waals surface area contributed by atoms with Crippen LogP contribution >= 0.6 is 0 Å². The minimum atomic E-state index is -4.44. The van der Waals surface area contributed by atoms with Gasteiger partial charge in [-0.2, -0.15) is 13.2 Å². The van der Waals surface area contributed by atoms with Crippen LogP contribution in [0, 0.1) is 5.92 Å². The molecular weight excluding hydrogens is 313 g/mol. The van der Waals surface area contributed by atoms with Crippen molar-refractivity contribution in [1.29, 1.82) is 0 Å². The van der Waals surface area contributed by atoms with Crippen molar-refractivity contribution < 1.29 is 27.4 Å². The molecule has 1 saturated heterocycles. The number of amides is 1. The normalized spacial score (nSPS) is 18.0. The van der Waals surface area contributed by atoms with E-state index in [1.54, 1.807) is 4.90 Å². The number of pyridine rings is 1. The van der Waals surface area contributed by atoms with Crippen molar-refractivity contribution in [3.63, 3.8) is 0 Å². The quantitative estimate of drug-likeness (QED) is 0.803. The molecule has 8 heteroatoms. The Bertz CT molecular complexity index is 531. The van der Waals surface area contributed by atoms with Crippen molar-refractivity contribution in [3.8, 4) is 5.88 Å². The number of carbonyl (C=O) groups is 1. The fourth-order valence-corrected chi connectivity index (χ4v) is 2.33. The Labute approximate surface area is 132 Å². The van der Waals surface area contributed by atoms with Gasteiger partial charge < -0.3 is 14.4 Å². The van der Waals surface area contributed by atoms with Crippen molar-refractivity contribution in [1.82, 2.24) is 9.88 Å². The first-order valence-corrected chi connectivity index (χ1v) is 7.42. The molecule has 1 aliphatic heterocycles. The van der Waals surface area contributed by atoms with Crippen LogP contribution in [-0.4, -0.2) is 54.9 Å². The zero-order chi connectivity index (χ0) is 16.9. The molecule has 0 radical (unpaired) electrons. The number of hydrogen-bond acceptors (Lipinski definition) is 4. The maximum absolute atomic E-state index is 12.5. The Morgan fingerprint density at radius 1 is 1.48 bits per heavy atom. The van der Waals surface area contributed by atoms with Crippen LogP contribution in [0.4, 0.5) is 13.2 Å². The van der Waals surface area contributed by atoms with Crippen molar-refractivity contribution in [2.45, 2.75) is 19.5 Å². The van der Waals surface area contributed by atoms with E-state index in [1.165, 1.54) is 18.2 Å². The SMILES string of the molecule is CCN(C[C@@H]1CCOC1)C(=O)c1cccc(OCC(F)(F)F)n1. The molecule has 1 fully saturated rings. The number of carbonyl (C=O) groups excluding carboxylic acids is 1. The van der Waals surface area contributed by atoms with Crippen LogP contribution in [0.15, 0.2) is 18.2 Å². The molecule has 5 nitrogen and oxygen atoms in total. The zero-order valence-electron chi connectivity index (χ0n) is 12.8. The van der Waals surface area contributed by atoms with Gasteiger partial charge in [0.15, 0.2) is 6.61 Å². The van der Waals surface area contributed by atoms with Gasteiger partial charge in [-0.25, -0.2) is 4.98 Å². The first-order valence-electron chi connectivity index (χ1n) is 7.42. The van der Waals surface area contributed by atoms with E-state index < -0.39 is 12.8 Å². The Morgan fingerprint density at radius 3 is 2.87 bits per heavy atom. The summed E-state index contributed by atoms with van der Waals surface area (Å²) < 4.78 is 46.4. The first-order chi connectivity index (χ1) is 10.9. The Morgan fingerprint density at radius 2 is 2.26 bits per heavy atom. The maximum atomic E-state index is 12.5. The highest BCUT2D eigenvalue weighted by Crippen LogP contribution is 2.18. The van der Waals surface area contributed by atoms with Gasteiger partial charge in [0, 0.05) is 31.7 Å². The van der Waals surface area contributed by atoms with Gasteiger partial charge in [0.25, 0.3) is 5.91 Å². The van der Waals surface area contributed by atoms with Gasteiger partial charge in [-0.1, -0.05) is 6.07 Å². The molecule has 1 aliphatic rings. The zero-order valence-corrected chi connectivity index (χ0v) is 12.8. The van der Waals surface area contributed by atoms with Gasteiger partial charge in [0.2, 0.25) is 5.88 Å². The van der Waals surface area contributed by atoms with Gasteiger partial charge in [0.1, 0.15) is 5.69 Å². The lowest BCUT2D eigenvalue weighted by Crippen LogP contribution is -2.36. The molecule has 0 saturated carbocycles. The molecular formula is C15H19F3N2O3. The van der Waals surface area contributed by atoms with E-state index in [9.17, 15) is 18.0 Å². The summed E-state index contributed by atoms with van der Waals surface area (Å²) in [6, 6.07) is 4.22. The van der Waals surface area contributed by atoms with Crippen molar-refractivity contribution >= 4 is 5.91 Å². The largest absolute Gasteiger partial charge is 0.468 e. The molecule has 128 valence electrons. The third kappa shape index (κ3) is 5.38. The average molecular weight is 332 g/mol. The lowest BCUT2D eigenvalue weighted by atomic mass is 10.1. The predicted octanol–water partition coefficient (Wildman–Crippen LogP) is 2.52. The Balaban J connectivity index is 2.02. The highest BCUT2D eigenvalue weighted by molar-refractivity contribution is 5.92. The number of hydrogen-bond donors (Lipinski definition) is 0. The smallest absolute Gasteiger partial charge is 0.422 e. The molecule has 0 unspecified atom stereocenters.